The van der Waals surface area contributed by atoms with Crippen LogP contribution in [0.25, 0.3) is 0 Å². The minimum absolute atomic E-state index is 0.183. The molecular formula is C11H15NO2. The molecule has 1 unspecified atom stereocenters. The van der Waals surface area contributed by atoms with Crippen LogP contribution in [0.5, 0.6) is 0 Å². The minimum Gasteiger partial charge on any atom is -0.451 e. The van der Waals surface area contributed by atoms with Gasteiger partial charge in [0, 0.05) is 18.8 Å². The summed E-state index contributed by atoms with van der Waals surface area (Å²) in [5.41, 5.74) is 0.908. The lowest BCUT2D eigenvalue weighted by Gasteiger charge is -2.09. The lowest BCUT2D eigenvalue weighted by molar-refractivity contribution is -0.122. The number of rotatable bonds is 2. The fourth-order valence-corrected chi connectivity index (χ4v) is 2.04. The van der Waals surface area contributed by atoms with E-state index in [0.717, 1.165) is 31.4 Å². The normalized spacial score (nSPS) is 23.4. The molecule has 1 aliphatic rings. The Hall–Kier alpha value is -1.12. The summed E-state index contributed by atoms with van der Waals surface area (Å²) in [6.07, 6.45) is 9.03. The van der Waals surface area contributed by atoms with Crippen LogP contribution >= 0.6 is 0 Å². The van der Waals surface area contributed by atoms with Crippen LogP contribution in [0.4, 0.5) is 0 Å². The molecule has 1 fully saturated rings. The number of Topliss-reactive ketones (excluding diaryl/α,β-unsaturated/α-hetero) is 1. The maximum atomic E-state index is 11.7. The molecule has 1 aromatic heterocycles. The Bertz CT molecular complexity index is 292. The third-order valence-corrected chi connectivity index (χ3v) is 2.87. The van der Waals surface area contributed by atoms with E-state index in [2.05, 4.69) is 4.98 Å². The summed E-state index contributed by atoms with van der Waals surface area (Å²) in [4.78, 5) is 15.7. The molecule has 1 aliphatic carbocycles. The van der Waals surface area contributed by atoms with E-state index in [9.17, 15) is 4.79 Å². The third kappa shape index (κ3) is 2.22. The Labute approximate surface area is 83.5 Å². The van der Waals surface area contributed by atoms with Gasteiger partial charge in [-0.1, -0.05) is 12.8 Å². The van der Waals surface area contributed by atoms with Gasteiger partial charge >= 0.3 is 0 Å². The fourth-order valence-electron chi connectivity index (χ4n) is 2.04. The van der Waals surface area contributed by atoms with Crippen LogP contribution in [0, 0.1) is 5.92 Å². The van der Waals surface area contributed by atoms with Crippen molar-refractivity contribution in [3.8, 4) is 0 Å². The van der Waals surface area contributed by atoms with Crippen molar-refractivity contribution >= 4 is 5.78 Å². The van der Waals surface area contributed by atoms with Gasteiger partial charge in [-0.3, -0.25) is 4.79 Å². The number of hydrogen-bond acceptors (Lipinski definition) is 3. The van der Waals surface area contributed by atoms with E-state index in [1.54, 1.807) is 6.26 Å². The van der Waals surface area contributed by atoms with Crippen molar-refractivity contribution in [3.63, 3.8) is 0 Å². The number of oxazole rings is 1. The topological polar surface area (TPSA) is 43.1 Å². The van der Waals surface area contributed by atoms with E-state index in [0.29, 0.717) is 5.78 Å². The van der Waals surface area contributed by atoms with Gasteiger partial charge < -0.3 is 4.42 Å². The second kappa shape index (κ2) is 4.40. The van der Waals surface area contributed by atoms with E-state index in [-0.39, 0.29) is 5.92 Å². The molecule has 1 aromatic rings. The zero-order valence-corrected chi connectivity index (χ0v) is 8.24. The number of aromatic nitrogens is 1. The van der Waals surface area contributed by atoms with Crippen LogP contribution in [-0.2, 0) is 11.2 Å². The monoisotopic (exact) mass is 193 g/mol. The number of carbonyl (C=O) groups is 1. The van der Waals surface area contributed by atoms with Gasteiger partial charge in [0.1, 0.15) is 12.0 Å². The highest BCUT2D eigenvalue weighted by molar-refractivity contribution is 5.81. The summed E-state index contributed by atoms with van der Waals surface area (Å²) in [5, 5.41) is 0. The van der Waals surface area contributed by atoms with Crippen molar-refractivity contribution in [1.29, 1.82) is 0 Å². The summed E-state index contributed by atoms with van der Waals surface area (Å²) in [6, 6.07) is 0. The molecule has 0 aliphatic heterocycles. The van der Waals surface area contributed by atoms with Gasteiger partial charge in [-0.25, -0.2) is 4.98 Å². The molecule has 1 saturated carbocycles. The molecule has 14 heavy (non-hydrogen) atoms. The standard InChI is InChI=1S/C11H15NO2/c13-11-5-3-1-2-4-9(11)6-10-7-14-8-12-10/h7-9H,1-6H2. The van der Waals surface area contributed by atoms with Crippen molar-refractivity contribution in [2.24, 2.45) is 5.92 Å². The molecule has 0 amide bonds. The summed E-state index contributed by atoms with van der Waals surface area (Å²) in [6.45, 7) is 0. The molecule has 0 aromatic carbocycles. The Kier molecular flexibility index (Phi) is 2.96. The highest BCUT2D eigenvalue weighted by Gasteiger charge is 2.21. The number of carbonyl (C=O) groups excluding carboxylic acids is 1. The molecule has 76 valence electrons. The predicted octanol–water partition coefficient (Wildman–Crippen LogP) is 2.37. The average Bonchev–Trinajstić information content (AvgIpc) is 2.60. The molecule has 1 heterocycles. The van der Waals surface area contributed by atoms with Gasteiger partial charge in [0.25, 0.3) is 0 Å². The molecule has 0 saturated heterocycles. The molecule has 3 heteroatoms. The Balaban J connectivity index is 1.98. The number of nitrogens with zero attached hydrogens (tertiary/aromatic N) is 1. The maximum absolute atomic E-state index is 11.7. The fraction of sp³-hybridized carbons (Fsp3) is 0.636. The van der Waals surface area contributed by atoms with E-state index < -0.39 is 0 Å². The maximum Gasteiger partial charge on any atom is 0.180 e. The predicted molar refractivity (Wildman–Crippen MR) is 51.8 cm³/mol. The van der Waals surface area contributed by atoms with Crippen molar-refractivity contribution < 1.29 is 9.21 Å². The summed E-state index contributed by atoms with van der Waals surface area (Å²) in [7, 11) is 0. The van der Waals surface area contributed by atoms with Crippen molar-refractivity contribution in [1.82, 2.24) is 4.98 Å². The SMILES string of the molecule is O=C1CCCCCC1Cc1cocn1. The van der Waals surface area contributed by atoms with Gasteiger partial charge in [-0.05, 0) is 12.8 Å². The second-order valence-electron chi connectivity index (χ2n) is 3.95. The van der Waals surface area contributed by atoms with Crippen LogP contribution in [0.2, 0.25) is 0 Å². The van der Waals surface area contributed by atoms with Crippen molar-refractivity contribution in [2.75, 3.05) is 0 Å². The third-order valence-electron chi connectivity index (χ3n) is 2.87. The van der Waals surface area contributed by atoms with E-state index in [1.165, 1.54) is 19.2 Å². The smallest absolute Gasteiger partial charge is 0.180 e. The number of ketones is 1. The molecule has 0 radical (unpaired) electrons. The van der Waals surface area contributed by atoms with E-state index in [4.69, 9.17) is 4.42 Å². The van der Waals surface area contributed by atoms with Crippen molar-refractivity contribution in [3.05, 3.63) is 18.4 Å². The molecule has 1 atom stereocenters. The highest BCUT2D eigenvalue weighted by atomic mass is 16.3. The molecule has 0 N–H and O–H groups in total. The summed E-state index contributed by atoms with van der Waals surface area (Å²) < 4.78 is 4.90. The lowest BCUT2D eigenvalue weighted by atomic mass is 9.94. The second-order valence-corrected chi connectivity index (χ2v) is 3.95. The average molecular weight is 193 g/mol. The van der Waals surface area contributed by atoms with Crippen LogP contribution < -0.4 is 0 Å². The minimum atomic E-state index is 0.183. The van der Waals surface area contributed by atoms with Crippen LogP contribution in [0.3, 0.4) is 0 Å². The molecule has 0 bridgehead atoms. The molecule has 3 nitrogen and oxygen atoms in total. The van der Waals surface area contributed by atoms with E-state index in [1.807, 2.05) is 0 Å². The van der Waals surface area contributed by atoms with Gasteiger partial charge in [-0.2, -0.15) is 0 Å². The van der Waals surface area contributed by atoms with Gasteiger partial charge in [0.05, 0.1) is 5.69 Å². The largest absolute Gasteiger partial charge is 0.451 e. The summed E-state index contributed by atoms with van der Waals surface area (Å²) in [5.74, 6) is 0.591. The quantitative estimate of drug-likeness (QED) is 0.677. The van der Waals surface area contributed by atoms with Crippen LogP contribution in [-0.4, -0.2) is 10.8 Å². The highest BCUT2D eigenvalue weighted by Crippen LogP contribution is 2.22. The first-order valence-electron chi connectivity index (χ1n) is 5.26. The van der Waals surface area contributed by atoms with Crippen molar-refractivity contribution in [2.45, 2.75) is 38.5 Å². The molecular weight excluding hydrogens is 178 g/mol. The van der Waals surface area contributed by atoms with Gasteiger partial charge in [0.15, 0.2) is 6.39 Å². The van der Waals surface area contributed by atoms with Gasteiger partial charge in [-0.15, -0.1) is 0 Å². The van der Waals surface area contributed by atoms with Crippen LogP contribution in [0.15, 0.2) is 17.1 Å². The Morgan fingerprint density at radius 3 is 3.14 bits per heavy atom. The first-order chi connectivity index (χ1) is 6.86. The summed E-state index contributed by atoms with van der Waals surface area (Å²) >= 11 is 0. The van der Waals surface area contributed by atoms with Gasteiger partial charge in [0.2, 0.25) is 0 Å². The first-order valence-corrected chi connectivity index (χ1v) is 5.26. The lowest BCUT2D eigenvalue weighted by Crippen LogP contribution is -2.15. The van der Waals surface area contributed by atoms with E-state index >= 15 is 0 Å². The Morgan fingerprint density at radius 2 is 2.36 bits per heavy atom. The molecule has 0 spiro atoms. The first kappa shape index (κ1) is 9.44. The zero-order chi connectivity index (χ0) is 9.80. The Morgan fingerprint density at radius 1 is 1.43 bits per heavy atom. The number of hydrogen-bond donors (Lipinski definition) is 0. The zero-order valence-electron chi connectivity index (χ0n) is 8.24. The van der Waals surface area contributed by atoms with Crippen LogP contribution in [0.1, 0.15) is 37.8 Å². The molecule has 2 rings (SSSR count).